The van der Waals surface area contributed by atoms with Crippen LogP contribution in [0.1, 0.15) is 12.5 Å². The molecule has 3 nitrogen and oxygen atoms in total. The van der Waals surface area contributed by atoms with E-state index in [0.29, 0.717) is 4.90 Å². The highest BCUT2D eigenvalue weighted by Gasteiger charge is 2.04. The highest BCUT2D eigenvalue weighted by molar-refractivity contribution is 7.83. The van der Waals surface area contributed by atoms with Crippen LogP contribution in [0.25, 0.3) is 0 Å². The van der Waals surface area contributed by atoms with Crippen molar-refractivity contribution < 1.29 is 9.32 Å². The molecule has 0 saturated heterocycles. The molecule has 0 aromatic heterocycles. The van der Waals surface area contributed by atoms with E-state index in [4.69, 9.17) is 5.11 Å². The molecule has 0 aliphatic rings. The van der Waals surface area contributed by atoms with Gasteiger partial charge in [0, 0.05) is 0 Å². The van der Waals surface area contributed by atoms with Crippen molar-refractivity contribution in [1.82, 2.24) is 4.72 Å². The lowest BCUT2D eigenvalue weighted by Crippen LogP contribution is -2.27. The van der Waals surface area contributed by atoms with Crippen LogP contribution in [0.4, 0.5) is 0 Å². The minimum atomic E-state index is -1.32. The van der Waals surface area contributed by atoms with Crippen LogP contribution in [0.3, 0.4) is 0 Å². The van der Waals surface area contributed by atoms with Gasteiger partial charge in [0.05, 0.1) is 4.90 Å². The fourth-order valence-electron chi connectivity index (χ4n) is 0.885. The maximum absolute atomic E-state index is 11.4. The van der Waals surface area contributed by atoms with Gasteiger partial charge in [-0.2, -0.15) is 0 Å². The summed E-state index contributed by atoms with van der Waals surface area (Å²) in [6, 6.07) is 7.33. The molecule has 72 valence electrons. The van der Waals surface area contributed by atoms with E-state index in [1.165, 1.54) is 6.92 Å². The van der Waals surface area contributed by atoms with E-state index in [-0.39, 0.29) is 0 Å². The third kappa shape index (κ3) is 3.26. The van der Waals surface area contributed by atoms with E-state index in [9.17, 15) is 4.21 Å². The Kier molecular flexibility index (Phi) is 3.59. The molecule has 0 spiro atoms. The average Bonchev–Trinajstić information content (AvgIpc) is 2.04. The first-order valence-electron chi connectivity index (χ1n) is 4.02. The molecule has 1 aromatic rings. The molecule has 0 radical (unpaired) electrons. The van der Waals surface area contributed by atoms with Crippen LogP contribution in [0.2, 0.25) is 0 Å². The number of aliphatic hydroxyl groups is 1. The largest absolute Gasteiger partial charge is 0.378 e. The third-order valence-corrected chi connectivity index (χ3v) is 2.77. The summed E-state index contributed by atoms with van der Waals surface area (Å²) in [6.07, 6.45) is -0.762. The minimum absolute atomic E-state index is 0.673. The Labute approximate surface area is 80.4 Å². The molecule has 4 heteroatoms. The Morgan fingerprint density at radius 1 is 1.38 bits per heavy atom. The predicted octanol–water partition coefficient (Wildman–Crippen LogP) is 0.946. The number of aliphatic hydroxyl groups excluding tert-OH is 1. The molecule has 1 unspecified atom stereocenters. The van der Waals surface area contributed by atoms with Gasteiger partial charge in [0.15, 0.2) is 0 Å². The molecule has 2 N–H and O–H groups in total. The van der Waals surface area contributed by atoms with Crippen molar-refractivity contribution in [2.75, 3.05) is 0 Å². The molecule has 2 atom stereocenters. The standard InChI is InChI=1S/C9H13NO2S/c1-7-3-5-9(6-4-7)13(12)10-8(2)11/h3-6,8,10-11H,1-2H3/t8-,13?/m1/s1. The second-order valence-corrected chi connectivity index (χ2v) is 4.12. The molecule has 0 saturated carbocycles. The molecule has 0 aliphatic heterocycles. The van der Waals surface area contributed by atoms with Crippen molar-refractivity contribution in [1.29, 1.82) is 0 Å². The summed E-state index contributed by atoms with van der Waals surface area (Å²) >= 11 is 0. The fraction of sp³-hybridized carbons (Fsp3) is 0.333. The minimum Gasteiger partial charge on any atom is -0.378 e. The van der Waals surface area contributed by atoms with E-state index in [0.717, 1.165) is 5.56 Å². The van der Waals surface area contributed by atoms with E-state index in [2.05, 4.69) is 4.72 Å². The van der Waals surface area contributed by atoms with Crippen molar-refractivity contribution in [2.45, 2.75) is 25.0 Å². The van der Waals surface area contributed by atoms with Gasteiger partial charge in [0.1, 0.15) is 17.2 Å². The van der Waals surface area contributed by atoms with Gasteiger partial charge in [0.25, 0.3) is 0 Å². The summed E-state index contributed by atoms with van der Waals surface area (Å²) in [4.78, 5) is 0.673. The zero-order chi connectivity index (χ0) is 9.84. The summed E-state index contributed by atoms with van der Waals surface area (Å²) in [7, 11) is -1.32. The first kappa shape index (κ1) is 10.4. The number of aryl methyl sites for hydroxylation is 1. The summed E-state index contributed by atoms with van der Waals surface area (Å²) in [5.74, 6) is 0. The number of rotatable bonds is 3. The molecule has 1 aromatic carbocycles. The maximum Gasteiger partial charge on any atom is 0.127 e. The van der Waals surface area contributed by atoms with Crippen LogP contribution < -0.4 is 4.72 Å². The predicted molar refractivity (Wildman–Crippen MR) is 52.4 cm³/mol. The van der Waals surface area contributed by atoms with Crippen LogP contribution in [-0.2, 0) is 11.0 Å². The summed E-state index contributed by atoms with van der Waals surface area (Å²) in [6.45, 7) is 3.50. The molecule has 13 heavy (non-hydrogen) atoms. The molecule has 0 aliphatic carbocycles. The fourth-order valence-corrected chi connectivity index (χ4v) is 1.71. The Balaban J connectivity index is 2.72. The van der Waals surface area contributed by atoms with Crippen molar-refractivity contribution in [3.8, 4) is 0 Å². The third-order valence-electron chi connectivity index (χ3n) is 1.51. The van der Waals surface area contributed by atoms with Crippen LogP contribution in [0.15, 0.2) is 29.2 Å². The lowest BCUT2D eigenvalue weighted by atomic mass is 10.2. The molecular formula is C9H13NO2S. The molecule has 0 amide bonds. The van der Waals surface area contributed by atoms with Crippen molar-refractivity contribution in [2.24, 2.45) is 0 Å². The van der Waals surface area contributed by atoms with Crippen LogP contribution in [0, 0.1) is 6.92 Å². The Bertz CT molecular complexity index is 295. The highest BCUT2D eigenvalue weighted by Crippen LogP contribution is 2.06. The summed E-state index contributed by atoms with van der Waals surface area (Å²) in [5, 5.41) is 8.93. The SMILES string of the molecule is Cc1ccc(S(=O)N[C@@H](C)O)cc1. The lowest BCUT2D eigenvalue weighted by Gasteiger charge is -2.06. The Hall–Kier alpha value is -0.710. The summed E-state index contributed by atoms with van der Waals surface area (Å²) in [5.41, 5.74) is 1.12. The number of hydrogen-bond acceptors (Lipinski definition) is 2. The normalized spacial score (nSPS) is 15.3. The Morgan fingerprint density at radius 3 is 2.38 bits per heavy atom. The Morgan fingerprint density at radius 2 is 1.92 bits per heavy atom. The molecule has 0 bridgehead atoms. The van der Waals surface area contributed by atoms with Crippen LogP contribution in [-0.4, -0.2) is 15.5 Å². The van der Waals surface area contributed by atoms with E-state index in [1.807, 2.05) is 19.1 Å². The molecule has 1 rings (SSSR count). The molecular weight excluding hydrogens is 186 g/mol. The van der Waals surface area contributed by atoms with E-state index in [1.54, 1.807) is 12.1 Å². The number of nitrogens with one attached hydrogen (secondary N) is 1. The number of hydrogen-bond donors (Lipinski definition) is 2. The van der Waals surface area contributed by atoms with E-state index >= 15 is 0 Å². The van der Waals surface area contributed by atoms with Crippen LogP contribution >= 0.6 is 0 Å². The second kappa shape index (κ2) is 4.50. The highest BCUT2D eigenvalue weighted by atomic mass is 32.2. The van der Waals surface area contributed by atoms with Gasteiger partial charge in [-0.3, -0.25) is 0 Å². The van der Waals surface area contributed by atoms with Gasteiger partial charge >= 0.3 is 0 Å². The van der Waals surface area contributed by atoms with Crippen molar-refractivity contribution in [3.63, 3.8) is 0 Å². The van der Waals surface area contributed by atoms with Crippen molar-refractivity contribution >= 4 is 11.0 Å². The first-order valence-corrected chi connectivity index (χ1v) is 5.17. The monoisotopic (exact) mass is 199 g/mol. The van der Waals surface area contributed by atoms with Gasteiger partial charge < -0.3 is 5.11 Å². The lowest BCUT2D eigenvalue weighted by molar-refractivity contribution is 0.186. The van der Waals surface area contributed by atoms with Crippen LogP contribution in [0.5, 0.6) is 0 Å². The summed E-state index contributed by atoms with van der Waals surface area (Å²) < 4.78 is 13.9. The van der Waals surface area contributed by atoms with Gasteiger partial charge in [-0.05, 0) is 26.0 Å². The van der Waals surface area contributed by atoms with Gasteiger partial charge in [0.2, 0.25) is 0 Å². The zero-order valence-electron chi connectivity index (χ0n) is 7.65. The van der Waals surface area contributed by atoms with Crippen molar-refractivity contribution in [3.05, 3.63) is 29.8 Å². The zero-order valence-corrected chi connectivity index (χ0v) is 8.47. The second-order valence-electron chi connectivity index (χ2n) is 2.88. The van der Waals surface area contributed by atoms with Gasteiger partial charge in [-0.15, -0.1) is 0 Å². The topological polar surface area (TPSA) is 49.3 Å². The molecule has 0 heterocycles. The smallest absolute Gasteiger partial charge is 0.127 e. The van der Waals surface area contributed by atoms with E-state index < -0.39 is 17.2 Å². The quantitative estimate of drug-likeness (QED) is 0.712. The number of benzene rings is 1. The average molecular weight is 199 g/mol. The first-order chi connectivity index (χ1) is 6.09. The van der Waals surface area contributed by atoms with Gasteiger partial charge in [-0.25, -0.2) is 8.93 Å². The maximum atomic E-state index is 11.4. The molecule has 0 fully saturated rings. The van der Waals surface area contributed by atoms with Gasteiger partial charge in [-0.1, -0.05) is 17.7 Å².